The summed E-state index contributed by atoms with van der Waals surface area (Å²) in [7, 11) is 2.06. The van der Waals surface area contributed by atoms with Crippen LogP contribution in [0.2, 0.25) is 5.02 Å². The van der Waals surface area contributed by atoms with Crippen LogP contribution in [-0.4, -0.2) is 12.0 Å². The van der Waals surface area contributed by atoms with Crippen LogP contribution in [-0.2, 0) is 0 Å². The van der Waals surface area contributed by atoms with E-state index in [9.17, 15) is 0 Å². The molecular formula is C15H16BrClN2. The molecule has 0 fully saturated rings. The van der Waals surface area contributed by atoms with Gasteiger partial charge in [-0.1, -0.05) is 23.7 Å². The lowest BCUT2D eigenvalue weighted by molar-refractivity contribution is 0.726. The summed E-state index contributed by atoms with van der Waals surface area (Å²) in [6, 6.07) is 10.3. The Morgan fingerprint density at radius 1 is 1.26 bits per heavy atom. The van der Waals surface area contributed by atoms with Crippen LogP contribution >= 0.6 is 27.5 Å². The van der Waals surface area contributed by atoms with Gasteiger partial charge in [-0.25, -0.2) is 4.98 Å². The van der Waals surface area contributed by atoms with Gasteiger partial charge in [-0.05, 0) is 59.1 Å². The van der Waals surface area contributed by atoms with Crippen molar-refractivity contribution < 1.29 is 0 Å². The lowest BCUT2D eigenvalue weighted by Gasteiger charge is -2.27. The monoisotopic (exact) mass is 338 g/mol. The number of rotatable bonds is 3. The van der Waals surface area contributed by atoms with Gasteiger partial charge in [0.1, 0.15) is 5.82 Å². The lowest BCUT2D eigenvalue weighted by atomic mass is 10.1. The molecule has 0 aliphatic carbocycles. The summed E-state index contributed by atoms with van der Waals surface area (Å²) in [5, 5.41) is 0.761. The van der Waals surface area contributed by atoms with Gasteiger partial charge in [0, 0.05) is 22.7 Å². The molecule has 2 aromatic rings. The maximum Gasteiger partial charge on any atom is 0.131 e. The molecule has 0 spiro atoms. The molecule has 2 nitrogen and oxygen atoms in total. The van der Waals surface area contributed by atoms with Crippen molar-refractivity contribution in [2.45, 2.75) is 19.9 Å². The number of aryl methyl sites for hydroxylation is 1. The molecule has 0 saturated heterocycles. The van der Waals surface area contributed by atoms with Crippen molar-refractivity contribution in [2.24, 2.45) is 0 Å². The Morgan fingerprint density at radius 3 is 2.47 bits per heavy atom. The molecule has 0 saturated carbocycles. The average molecular weight is 340 g/mol. The second kappa shape index (κ2) is 5.93. The Bertz CT molecular complexity index is 569. The van der Waals surface area contributed by atoms with Crippen LogP contribution in [0.15, 0.2) is 41.0 Å². The highest BCUT2D eigenvalue weighted by Gasteiger charge is 2.15. The molecule has 1 aromatic carbocycles. The summed E-state index contributed by atoms with van der Waals surface area (Å²) in [4.78, 5) is 6.67. The third-order valence-electron chi connectivity index (χ3n) is 3.28. The first-order valence-electron chi connectivity index (χ1n) is 6.09. The summed E-state index contributed by atoms with van der Waals surface area (Å²) < 4.78 is 1.00. The molecule has 1 heterocycles. The summed E-state index contributed by atoms with van der Waals surface area (Å²) in [6.45, 7) is 4.23. The Labute approximate surface area is 127 Å². The minimum absolute atomic E-state index is 0.240. The number of benzene rings is 1. The van der Waals surface area contributed by atoms with E-state index in [1.54, 1.807) is 0 Å². The van der Waals surface area contributed by atoms with Crippen molar-refractivity contribution in [1.29, 1.82) is 0 Å². The first-order valence-corrected chi connectivity index (χ1v) is 7.26. The molecule has 19 heavy (non-hydrogen) atoms. The number of pyridine rings is 1. The van der Waals surface area contributed by atoms with Crippen molar-refractivity contribution in [2.75, 3.05) is 11.9 Å². The molecule has 0 radical (unpaired) electrons. The van der Waals surface area contributed by atoms with E-state index in [2.05, 4.69) is 64.9 Å². The highest BCUT2D eigenvalue weighted by atomic mass is 79.9. The number of halogens is 2. The molecule has 0 amide bonds. The highest BCUT2D eigenvalue weighted by Crippen LogP contribution is 2.28. The lowest BCUT2D eigenvalue weighted by Crippen LogP contribution is -2.23. The molecule has 0 aliphatic heterocycles. The molecule has 1 atom stereocenters. The largest absolute Gasteiger partial charge is 0.353 e. The van der Waals surface area contributed by atoms with Gasteiger partial charge in [-0.3, -0.25) is 0 Å². The zero-order valence-electron chi connectivity index (χ0n) is 11.2. The van der Waals surface area contributed by atoms with E-state index >= 15 is 0 Å². The second-order valence-corrected chi connectivity index (χ2v) is 5.98. The third kappa shape index (κ3) is 3.28. The van der Waals surface area contributed by atoms with Crippen LogP contribution in [0.4, 0.5) is 5.82 Å². The number of aromatic nitrogens is 1. The van der Waals surface area contributed by atoms with Crippen LogP contribution in [0.3, 0.4) is 0 Å². The molecule has 1 unspecified atom stereocenters. The van der Waals surface area contributed by atoms with E-state index in [0.29, 0.717) is 0 Å². The van der Waals surface area contributed by atoms with Gasteiger partial charge >= 0.3 is 0 Å². The van der Waals surface area contributed by atoms with Crippen LogP contribution in [0, 0.1) is 6.92 Å². The summed E-state index contributed by atoms with van der Waals surface area (Å²) >= 11 is 9.36. The van der Waals surface area contributed by atoms with Crippen molar-refractivity contribution in [3.63, 3.8) is 0 Å². The maximum absolute atomic E-state index is 5.92. The van der Waals surface area contributed by atoms with Gasteiger partial charge < -0.3 is 4.90 Å². The Hall–Kier alpha value is -1.06. The standard InChI is InChI=1S/C15H16BrClN2/c1-10-8-13(16)9-18-15(10)19(3)11(2)12-4-6-14(17)7-5-12/h4-9,11H,1-3H3. The second-order valence-electron chi connectivity index (χ2n) is 4.63. The van der Waals surface area contributed by atoms with Gasteiger partial charge in [-0.15, -0.1) is 0 Å². The fourth-order valence-corrected chi connectivity index (χ4v) is 2.62. The van der Waals surface area contributed by atoms with Gasteiger partial charge in [0.2, 0.25) is 0 Å². The van der Waals surface area contributed by atoms with E-state index in [-0.39, 0.29) is 6.04 Å². The van der Waals surface area contributed by atoms with Crippen molar-refractivity contribution in [3.8, 4) is 0 Å². The molecular weight excluding hydrogens is 324 g/mol. The molecule has 0 bridgehead atoms. The number of anilines is 1. The van der Waals surface area contributed by atoms with Crippen molar-refractivity contribution in [1.82, 2.24) is 4.98 Å². The summed E-state index contributed by atoms with van der Waals surface area (Å²) in [6.07, 6.45) is 1.83. The van der Waals surface area contributed by atoms with Gasteiger partial charge in [0.15, 0.2) is 0 Å². The summed E-state index contributed by atoms with van der Waals surface area (Å²) in [5.74, 6) is 0.991. The molecule has 100 valence electrons. The van der Waals surface area contributed by atoms with Crippen molar-refractivity contribution >= 4 is 33.3 Å². The van der Waals surface area contributed by atoms with E-state index in [0.717, 1.165) is 20.9 Å². The molecule has 0 N–H and O–H groups in total. The maximum atomic E-state index is 5.92. The number of nitrogens with zero attached hydrogens (tertiary/aromatic N) is 2. The van der Waals surface area contributed by atoms with Gasteiger partial charge in [0.25, 0.3) is 0 Å². The van der Waals surface area contributed by atoms with Gasteiger partial charge in [0.05, 0.1) is 6.04 Å². The fourth-order valence-electron chi connectivity index (χ4n) is 2.05. The molecule has 4 heteroatoms. The minimum Gasteiger partial charge on any atom is -0.353 e. The van der Waals surface area contributed by atoms with E-state index in [1.165, 1.54) is 5.56 Å². The zero-order valence-corrected chi connectivity index (χ0v) is 13.5. The van der Waals surface area contributed by atoms with Gasteiger partial charge in [-0.2, -0.15) is 0 Å². The SMILES string of the molecule is Cc1cc(Br)cnc1N(C)C(C)c1ccc(Cl)cc1. The minimum atomic E-state index is 0.240. The predicted octanol–water partition coefficient (Wildman–Crippen LogP) is 5.00. The first kappa shape index (κ1) is 14.4. The van der Waals surface area contributed by atoms with E-state index < -0.39 is 0 Å². The average Bonchev–Trinajstić information content (AvgIpc) is 2.38. The zero-order chi connectivity index (χ0) is 14.0. The fraction of sp³-hybridized carbons (Fsp3) is 0.267. The smallest absolute Gasteiger partial charge is 0.131 e. The summed E-state index contributed by atoms with van der Waals surface area (Å²) in [5.41, 5.74) is 2.37. The van der Waals surface area contributed by atoms with Crippen LogP contribution < -0.4 is 4.90 Å². The first-order chi connectivity index (χ1) is 8.99. The van der Waals surface area contributed by atoms with E-state index in [4.69, 9.17) is 11.6 Å². The predicted molar refractivity (Wildman–Crippen MR) is 84.9 cm³/mol. The Balaban J connectivity index is 2.27. The molecule has 1 aromatic heterocycles. The Kier molecular flexibility index (Phi) is 4.48. The van der Waals surface area contributed by atoms with Crippen LogP contribution in [0.25, 0.3) is 0 Å². The van der Waals surface area contributed by atoms with Crippen LogP contribution in [0.5, 0.6) is 0 Å². The third-order valence-corrected chi connectivity index (χ3v) is 3.97. The molecule has 0 aliphatic rings. The number of hydrogen-bond acceptors (Lipinski definition) is 2. The van der Waals surface area contributed by atoms with Crippen molar-refractivity contribution in [3.05, 3.63) is 57.2 Å². The van der Waals surface area contributed by atoms with Crippen LogP contribution in [0.1, 0.15) is 24.1 Å². The molecule has 2 rings (SSSR count). The van der Waals surface area contributed by atoms with E-state index in [1.807, 2.05) is 18.3 Å². The normalized spacial score (nSPS) is 12.3. The number of hydrogen-bond donors (Lipinski definition) is 0. The quantitative estimate of drug-likeness (QED) is 0.782. The topological polar surface area (TPSA) is 16.1 Å². The Morgan fingerprint density at radius 2 is 1.89 bits per heavy atom. The highest BCUT2D eigenvalue weighted by molar-refractivity contribution is 9.10.